The van der Waals surface area contributed by atoms with Gasteiger partial charge in [0.15, 0.2) is 0 Å². The summed E-state index contributed by atoms with van der Waals surface area (Å²) >= 11 is 5.62. The van der Waals surface area contributed by atoms with Crippen LogP contribution in [0.15, 0.2) is 29.5 Å². The van der Waals surface area contributed by atoms with Crippen molar-refractivity contribution in [3.8, 4) is 5.69 Å². The molecule has 8 heteroatoms. The van der Waals surface area contributed by atoms with Gasteiger partial charge in [0, 0.05) is 12.3 Å². The molecule has 2 aromatic rings. The predicted molar refractivity (Wildman–Crippen MR) is 63.4 cm³/mol. The minimum Gasteiger partial charge on any atom is -0.477 e. The summed E-state index contributed by atoms with van der Waals surface area (Å²) in [6.07, 6.45) is 2.87. The Bertz CT molecular complexity index is 606. The van der Waals surface area contributed by atoms with Crippen LogP contribution in [0.5, 0.6) is 0 Å². The molecular weight excluding hydrogens is 269 g/mol. The van der Waals surface area contributed by atoms with E-state index in [9.17, 15) is 9.59 Å². The van der Waals surface area contributed by atoms with Gasteiger partial charge in [-0.05, 0) is 6.07 Å². The molecule has 0 aromatic carbocycles. The lowest BCUT2D eigenvalue weighted by molar-refractivity contribution is 0.0690. The lowest BCUT2D eigenvalue weighted by Gasteiger charge is -2.02. The van der Waals surface area contributed by atoms with E-state index in [2.05, 4.69) is 9.97 Å². The Morgan fingerprint density at radius 2 is 2.18 bits per heavy atom. The highest BCUT2D eigenvalue weighted by atomic mass is 35.5. The van der Waals surface area contributed by atoms with E-state index in [1.165, 1.54) is 29.2 Å². The van der Waals surface area contributed by atoms with Gasteiger partial charge in [-0.15, -0.1) is 12.4 Å². The molecule has 0 saturated heterocycles. The fourth-order valence-electron chi connectivity index (χ4n) is 1.23. The topological polar surface area (TPSA) is 88.0 Å². The van der Waals surface area contributed by atoms with E-state index in [4.69, 9.17) is 16.7 Å². The summed E-state index contributed by atoms with van der Waals surface area (Å²) in [4.78, 5) is 27.9. The van der Waals surface area contributed by atoms with Crippen LogP contribution in [-0.4, -0.2) is 25.6 Å². The van der Waals surface area contributed by atoms with Gasteiger partial charge in [-0.25, -0.2) is 9.78 Å². The van der Waals surface area contributed by atoms with Gasteiger partial charge < -0.3 is 14.7 Å². The zero-order valence-corrected chi connectivity index (χ0v) is 9.83. The number of nitrogens with one attached hydrogen (secondary N) is 1. The first-order chi connectivity index (χ1) is 7.56. The standard InChI is InChI=1S/C9H6ClN3O3.ClH/c10-7-3-13(4-11-7)5-1-6(9(15)16)12-8(14)2-5;/h1-4H,(H,12,14)(H,15,16);1H. The van der Waals surface area contributed by atoms with Crippen LogP contribution in [0.25, 0.3) is 5.69 Å². The monoisotopic (exact) mass is 275 g/mol. The molecule has 0 saturated carbocycles. The Balaban J connectivity index is 0.00000144. The number of aromatic nitrogens is 3. The molecule has 0 amide bonds. The van der Waals surface area contributed by atoms with E-state index >= 15 is 0 Å². The molecule has 90 valence electrons. The largest absolute Gasteiger partial charge is 0.477 e. The molecule has 0 radical (unpaired) electrons. The molecule has 2 heterocycles. The van der Waals surface area contributed by atoms with Crippen LogP contribution in [0.2, 0.25) is 5.15 Å². The number of carboxylic acid groups (broad SMARTS) is 1. The Morgan fingerprint density at radius 3 is 2.71 bits per heavy atom. The van der Waals surface area contributed by atoms with Crippen molar-refractivity contribution in [1.82, 2.24) is 14.5 Å². The van der Waals surface area contributed by atoms with Crippen molar-refractivity contribution in [2.24, 2.45) is 0 Å². The van der Waals surface area contributed by atoms with Gasteiger partial charge in [0.1, 0.15) is 17.2 Å². The molecule has 2 rings (SSSR count). The minimum absolute atomic E-state index is 0. The van der Waals surface area contributed by atoms with E-state index in [0.717, 1.165) is 0 Å². The van der Waals surface area contributed by atoms with Crippen LogP contribution in [0.3, 0.4) is 0 Å². The van der Waals surface area contributed by atoms with Crippen molar-refractivity contribution in [2.45, 2.75) is 0 Å². The number of pyridine rings is 1. The second-order valence-corrected chi connectivity index (χ2v) is 3.41. The van der Waals surface area contributed by atoms with Crippen molar-refractivity contribution in [1.29, 1.82) is 0 Å². The van der Waals surface area contributed by atoms with E-state index in [1.807, 2.05) is 0 Å². The fraction of sp³-hybridized carbons (Fsp3) is 0. The molecule has 6 nitrogen and oxygen atoms in total. The van der Waals surface area contributed by atoms with Gasteiger partial charge in [0.2, 0.25) is 0 Å². The third kappa shape index (κ3) is 2.86. The van der Waals surface area contributed by atoms with Gasteiger partial charge in [-0.3, -0.25) is 4.79 Å². The second kappa shape index (κ2) is 5.03. The molecule has 0 unspecified atom stereocenters. The summed E-state index contributed by atoms with van der Waals surface area (Å²) < 4.78 is 1.46. The van der Waals surface area contributed by atoms with Crippen LogP contribution in [-0.2, 0) is 0 Å². The number of hydrogen-bond acceptors (Lipinski definition) is 3. The Kier molecular flexibility index (Phi) is 3.93. The van der Waals surface area contributed by atoms with E-state index < -0.39 is 11.5 Å². The van der Waals surface area contributed by atoms with Crippen LogP contribution < -0.4 is 5.56 Å². The fourth-order valence-corrected chi connectivity index (χ4v) is 1.38. The summed E-state index contributed by atoms with van der Waals surface area (Å²) in [5, 5.41) is 9.03. The van der Waals surface area contributed by atoms with Crippen LogP contribution in [0, 0.1) is 0 Å². The number of halogens is 2. The summed E-state index contributed by atoms with van der Waals surface area (Å²) in [5.41, 5.74) is -0.299. The van der Waals surface area contributed by atoms with E-state index in [1.54, 1.807) is 0 Å². The van der Waals surface area contributed by atoms with Crippen molar-refractivity contribution < 1.29 is 9.90 Å². The molecule has 0 spiro atoms. The van der Waals surface area contributed by atoms with Gasteiger partial charge in [-0.2, -0.15) is 0 Å². The second-order valence-electron chi connectivity index (χ2n) is 3.03. The maximum atomic E-state index is 11.2. The maximum absolute atomic E-state index is 11.2. The number of imidazole rings is 1. The smallest absolute Gasteiger partial charge is 0.352 e. The summed E-state index contributed by atoms with van der Waals surface area (Å²) in [6, 6.07) is 2.58. The number of carbonyl (C=O) groups is 1. The Labute approximate surface area is 106 Å². The molecular formula is C9H7Cl2N3O3. The van der Waals surface area contributed by atoms with Gasteiger partial charge >= 0.3 is 5.97 Å². The van der Waals surface area contributed by atoms with Crippen LogP contribution in [0.4, 0.5) is 0 Å². The lowest BCUT2D eigenvalue weighted by Crippen LogP contribution is -2.13. The van der Waals surface area contributed by atoms with Gasteiger partial charge in [0.05, 0.1) is 5.69 Å². The first-order valence-corrected chi connectivity index (χ1v) is 4.61. The Morgan fingerprint density at radius 1 is 1.47 bits per heavy atom. The molecule has 0 aliphatic heterocycles. The number of hydrogen-bond donors (Lipinski definition) is 2. The summed E-state index contributed by atoms with van der Waals surface area (Å²) in [7, 11) is 0. The maximum Gasteiger partial charge on any atom is 0.352 e. The molecule has 17 heavy (non-hydrogen) atoms. The molecule has 0 atom stereocenters. The van der Waals surface area contributed by atoms with Crippen molar-refractivity contribution in [2.75, 3.05) is 0 Å². The highest BCUT2D eigenvalue weighted by Crippen LogP contribution is 2.10. The zero-order valence-electron chi connectivity index (χ0n) is 8.25. The third-order valence-corrected chi connectivity index (χ3v) is 2.10. The lowest BCUT2D eigenvalue weighted by atomic mass is 10.3. The molecule has 2 N–H and O–H groups in total. The number of nitrogens with zero attached hydrogens (tertiary/aromatic N) is 2. The Hall–Kier alpha value is -1.79. The molecule has 0 bridgehead atoms. The average Bonchev–Trinajstić information content (AvgIpc) is 2.64. The van der Waals surface area contributed by atoms with Crippen molar-refractivity contribution >= 4 is 30.0 Å². The summed E-state index contributed by atoms with van der Waals surface area (Å²) in [6.45, 7) is 0. The summed E-state index contributed by atoms with van der Waals surface area (Å²) in [5.74, 6) is -1.20. The quantitative estimate of drug-likeness (QED) is 0.866. The van der Waals surface area contributed by atoms with Crippen molar-refractivity contribution in [3.63, 3.8) is 0 Å². The molecule has 0 fully saturated rings. The minimum atomic E-state index is -1.20. The number of carboxylic acids is 1. The van der Waals surface area contributed by atoms with Gasteiger partial charge in [0.25, 0.3) is 5.56 Å². The number of aromatic carboxylic acids is 1. The SMILES string of the molecule is Cl.O=C(O)c1cc(-n2cnc(Cl)c2)cc(=O)[nH]1. The zero-order chi connectivity index (χ0) is 11.7. The number of rotatable bonds is 2. The number of H-pyrrole nitrogens is 1. The molecule has 2 aromatic heterocycles. The molecule has 0 aliphatic rings. The average molecular weight is 276 g/mol. The predicted octanol–water partition coefficient (Wildman–Crippen LogP) is 1.33. The van der Waals surface area contributed by atoms with Crippen molar-refractivity contribution in [3.05, 3.63) is 45.9 Å². The van der Waals surface area contributed by atoms with Crippen LogP contribution >= 0.6 is 24.0 Å². The van der Waals surface area contributed by atoms with E-state index in [-0.39, 0.29) is 23.3 Å². The van der Waals surface area contributed by atoms with E-state index in [0.29, 0.717) is 5.69 Å². The highest BCUT2D eigenvalue weighted by molar-refractivity contribution is 6.29. The van der Waals surface area contributed by atoms with Gasteiger partial charge in [-0.1, -0.05) is 11.6 Å². The highest BCUT2D eigenvalue weighted by Gasteiger charge is 2.07. The molecule has 0 aliphatic carbocycles. The third-order valence-electron chi connectivity index (χ3n) is 1.91. The first kappa shape index (κ1) is 13.3. The number of aromatic amines is 1. The van der Waals surface area contributed by atoms with Crippen LogP contribution in [0.1, 0.15) is 10.5 Å². The first-order valence-electron chi connectivity index (χ1n) is 4.24. The normalized spacial score (nSPS) is 9.71.